The first kappa shape index (κ1) is 24.3. The highest BCUT2D eigenvalue weighted by molar-refractivity contribution is 8.18. The SMILES string of the molecule is CCc1ccc(N=C2NC(=O)C(=Cc3cccc(OCC(=O)Nc4ccc(C)c(C)c4)c3)S2)cc1. The molecule has 1 heterocycles. The molecule has 0 spiro atoms. The number of aliphatic imine (C=N–C) groups is 1. The van der Waals surface area contributed by atoms with Gasteiger partial charge in [-0.15, -0.1) is 0 Å². The van der Waals surface area contributed by atoms with Crippen LogP contribution in [0.4, 0.5) is 11.4 Å². The van der Waals surface area contributed by atoms with Crippen LogP contribution in [0.5, 0.6) is 5.75 Å². The maximum absolute atomic E-state index is 12.4. The number of carbonyl (C=O) groups is 2. The maximum Gasteiger partial charge on any atom is 0.264 e. The Balaban J connectivity index is 1.37. The molecule has 0 saturated carbocycles. The molecule has 0 bridgehead atoms. The molecule has 0 aliphatic carbocycles. The van der Waals surface area contributed by atoms with E-state index in [1.165, 1.54) is 22.9 Å². The van der Waals surface area contributed by atoms with Gasteiger partial charge in [0.15, 0.2) is 11.8 Å². The molecule has 35 heavy (non-hydrogen) atoms. The number of nitrogens with zero attached hydrogens (tertiary/aromatic N) is 1. The van der Waals surface area contributed by atoms with Gasteiger partial charge in [0.1, 0.15) is 5.75 Å². The summed E-state index contributed by atoms with van der Waals surface area (Å²) in [6.45, 7) is 6.02. The largest absolute Gasteiger partial charge is 0.484 e. The molecule has 1 aliphatic heterocycles. The van der Waals surface area contributed by atoms with Crippen LogP contribution in [-0.4, -0.2) is 23.6 Å². The van der Waals surface area contributed by atoms with Crippen molar-refractivity contribution in [2.24, 2.45) is 4.99 Å². The number of carbonyl (C=O) groups excluding carboxylic acids is 2. The van der Waals surface area contributed by atoms with Gasteiger partial charge >= 0.3 is 0 Å². The summed E-state index contributed by atoms with van der Waals surface area (Å²) < 4.78 is 5.67. The number of nitrogens with one attached hydrogen (secondary N) is 2. The third-order valence-electron chi connectivity index (χ3n) is 5.54. The lowest BCUT2D eigenvalue weighted by atomic mass is 10.1. The highest BCUT2D eigenvalue weighted by Gasteiger charge is 2.23. The summed E-state index contributed by atoms with van der Waals surface area (Å²) in [5.41, 5.74) is 5.85. The van der Waals surface area contributed by atoms with E-state index < -0.39 is 0 Å². The van der Waals surface area contributed by atoms with E-state index in [4.69, 9.17) is 4.74 Å². The quantitative estimate of drug-likeness (QED) is 0.416. The van der Waals surface area contributed by atoms with Crippen molar-refractivity contribution in [1.82, 2.24) is 5.32 Å². The minimum absolute atomic E-state index is 0.115. The van der Waals surface area contributed by atoms with E-state index >= 15 is 0 Å². The number of hydrogen-bond donors (Lipinski definition) is 2. The highest BCUT2D eigenvalue weighted by Crippen LogP contribution is 2.29. The highest BCUT2D eigenvalue weighted by atomic mass is 32.2. The number of rotatable bonds is 7. The van der Waals surface area contributed by atoms with E-state index in [9.17, 15) is 9.59 Å². The summed E-state index contributed by atoms with van der Waals surface area (Å²) >= 11 is 1.29. The third kappa shape index (κ3) is 6.61. The molecule has 1 fully saturated rings. The number of aryl methyl sites for hydroxylation is 3. The van der Waals surface area contributed by atoms with Crippen LogP contribution in [0.25, 0.3) is 6.08 Å². The first-order valence-electron chi connectivity index (χ1n) is 11.4. The van der Waals surface area contributed by atoms with Gasteiger partial charge in [-0.05, 0) is 96.8 Å². The molecule has 7 heteroatoms. The van der Waals surface area contributed by atoms with Crippen LogP contribution in [0, 0.1) is 13.8 Å². The second kappa shape index (κ2) is 11.1. The Morgan fingerprint density at radius 3 is 2.60 bits per heavy atom. The standard InChI is InChI=1S/C28H27N3O3S/c1-4-20-9-12-22(13-10-20)30-28-31-27(33)25(35-28)16-21-6-5-7-24(15-21)34-17-26(32)29-23-11-8-18(2)19(3)14-23/h5-16H,4,17H2,1-3H3,(H,29,32)(H,30,31,33). The number of anilines is 1. The molecule has 0 aromatic heterocycles. The van der Waals surface area contributed by atoms with Crippen LogP contribution in [0.2, 0.25) is 0 Å². The molecule has 178 valence electrons. The van der Waals surface area contributed by atoms with Crippen LogP contribution < -0.4 is 15.4 Å². The van der Waals surface area contributed by atoms with Gasteiger partial charge in [-0.1, -0.05) is 37.3 Å². The molecular weight excluding hydrogens is 458 g/mol. The molecule has 0 radical (unpaired) electrons. The number of hydrogen-bond acceptors (Lipinski definition) is 5. The van der Waals surface area contributed by atoms with Gasteiger partial charge in [-0.2, -0.15) is 0 Å². The van der Waals surface area contributed by atoms with Crippen molar-refractivity contribution in [3.63, 3.8) is 0 Å². The van der Waals surface area contributed by atoms with E-state index in [-0.39, 0.29) is 18.4 Å². The van der Waals surface area contributed by atoms with E-state index in [0.717, 1.165) is 28.9 Å². The van der Waals surface area contributed by atoms with Crippen molar-refractivity contribution < 1.29 is 14.3 Å². The number of thioether (sulfide) groups is 1. The fourth-order valence-corrected chi connectivity index (χ4v) is 4.26. The van der Waals surface area contributed by atoms with E-state index in [1.807, 2.05) is 68.4 Å². The zero-order valence-electron chi connectivity index (χ0n) is 19.9. The van der Waals surface area contributed by atoms with Crippen molar-refractivity contribution in [3.8, 4) is 5.75 Å². The predicted octanol–water partition coefficient (Wildman–Crippen LogP) is 5.77. The first-order chi connectivity index (χ1) is 16.9. The monoisotopic (exact) mass is 485 g/mol. The number of amidine groups is 1. The van der Waals surface area contributed by atoms with Crippen LogP contribution in [0.3, 0.4) is 0 Å². The molecule has 6 nitrogen and oxygen atoms in total. The Labute approximate surface area is 209 Å². The zero-order valence-corrected chi connectivity index (χ0v) is 20.7. The van der Waals surface area contributed by atoms with Crippen LogP contribution in [0.1, 0.15) is 29.2 Å². The van der Waals surface area contributed by atoms with Crippen LogP contribution >= 0.6 is 11.8 Å². The van der Waals surface area contributed by atoms with Crippen molar-refractivity contribution in [3.05, 3.63) is 93.9 Å². The van der Waals surface area contributed by atoms with E-state index in [2.05, 4.69) is 22.5 Å². The molecule has 3 aromatic carbocycles. The number of amides is 2. The average molecular weight is 486 g/mol. The average Bonchev–Trinajstić information content (AvgIpc) is 3.19. The van der Waals surface area contributed by atoms with E-state index in [0.29, 0.717) is 15.8 Å². The fourth-order valence-electron chi connectivity index (χ4n) is 3.41. The molecule has 4 rings (SSSR count). The molecule has 1 saturated heterocycles. The summed E-state index contributed by atoms with van der Waals surface area (Å²) in [7, 11) is 0. The molecule has 2 N–H and O–H groups in total. The second-order valence-corrected chi connectivity index (χ2v) is 9.24. The predicted molar refractivity (Wildman–Crippen MR) is 143 cm³/mol. The Bertz CT molecular complexity index is 1310. The molecule has 0 atom stereocenters. The van der Waals surface area contributed by atoms with E-state index in [1.54, 1.807) is 18.2 Å². The maximum atomic E-state index is 12.4. The molecule has 3 aromatic rings. The Morgan fingerprint density at radius 1 is 1.06 bits per heavy atom. The zero-order chi connectivity index (χ0) is 24.8. The Morgan fingerprint density at radius 2 is 1.86 bits per heavy atom. The van der Waals surface area contributed by atoms with Crippen molar-refractivity contribution >= 4 is 46.2 Å². The first-order valence-corrected chi connectivity index (χ1v) is 12.2. The summed E-state index contributed by atoms with van der Waals surface area (Å²) in [4.78, 5) is 29.8. The summed E-state index contributed by atoms with van der Waals surface area (Å²) in [5, 5.41) is 6.20. The Kier molecular flexibility index (Phi) is 7.67. The van der Waals surface area contributed by atoms with Crippen molar-refractivity contribution in [2.45, 2.75) is 27.2 Å². The number of benzene rings is 3. The molecular formula is C28H27N3O3S. The Hall–Kier alpha value is -3.84. The summed E-state index contributed by atoms with van der Waals surface area (Å²) in [6.07, 6.45) is 2.75. The van der Waals surface area contributed by atoms with Gasteiger partial charge in [0.05, 0.1) is 10.6 Å². The summed E-state index contributed by atoms with van der Waals surface area (Å²) in [6, 6.07) is 21.0. The van der Waals surface area contributed by atoms with Crippen LogP contribution in [0.15, 0.2) is 76.6 Å². The normalized spacial score (nSPS) is 15.3. The van der Waals surface area contributed by atoms with Gasteiger partial charge in [-0.25, -0.2) is 4.99 Å². The van der Waals surface area contributed by atoms with Gasteiger partial charge in [0.25, 0.3) is 11.8 Å². The van der Waals surface area contributed by atoms with Crippen LogP contribution in [-0.2, 0) is 16.0 Å². The molecule has 2 amide bonds. The minimum Gasteiger partial charge on any atom is -0.484 e. The van der Waals surface area contributed by atoms with Crippen molar-refractivity contribution in [1.29, 1.82) is 0 Å². The fraction of sp³-hybridized carbons (Fsp3) is 0.179. The van der Waals surface area contributed by atoms with Gasteiger partial charge < -0.3 is 15.4 Å². The smallest absolute Gasteiger partial charge is 0.264 e. The third-order valence-corrected chi connectivity index (χ3v) is 6.45. The van der Waals surface area contributed by atoms with Gasteiger partial charge in [-0.3, -0.25) is 9.59 Å². The lowest BCUT2D eigenvalue weighted by Gasteiger charge is -2.09. The summed E-state index contributed by atoms with van der Waals surface area (Å²) in [5.74, 6) is 0.108. The van der Waals surface area contributed by atoms with Gasteiger partial charge in [0.2, 0.25) is 0 Å². The lowest BCUT2D eigenvalue weighted by molar-refractivity contribution is -0.118. The van der Waals surface area contributed by atoms with Crippen molar-refractivity contribution in [2.75, 3.05) is 11.9 Å². The minimum atomic E-state index is -0.240. The topological polar surface area (TPSA) is 79.8 Å². The molecule has 1 aliphatic rings. The molecule has 0 unspecified atom stereocenters. The number of ether oxygens (including phenoxy) is 1. The van der Waals surface area contributed by atoms with Gasteiger partial charge in [0, 0.05) is 5.69 Å². The lowest BCUT2D eigenvalue weighted by Crippen LogP contribution is -2.20. The second-order valence-electron chi connectivity index (χ2n) is 8.21.